The molecule has 1 aliphatic heterocycles. The molecule has 0 spiro atoms. The number of likely N-dealkylation sites (tertiary alicyclic amines) is 1. The monoisotopic (exact) mass is 500 g/mol. The van der Waals surface area contributed by atoms with Gasteiger partial charge in [-0.1, -0.05) is 11.6 Å². The Morgan fingerprint density at radius 3 is 2.74 bits per heavy atom. The summed E-state index contributed by atoms with van der Waals surface area (Å²) in [6.45, 7) is 1.21. The standard InChI is InChI=1S/C24H20ClF3N6O/c25-15-6-18-19(10-31-21(18)30-9-15)22-32-11-20(28)23(33-22)29-8-13-2-1-3-34(12-13)24(35)14-4-16(26)7-17(27)5-14/h4-7,9-11,13H,1-3,8,12H2,(H,30,31)(H,29,32,33)/t13-/m1/s1. The second-order valence-electron chi connectivity index (χ2n) is 8.44. The highest BCUT2D eigenvalue weighted by atomic mass is 35.5. The summed E-state index contributed by atoms with van der Waals surface area (Å²) in [5, 5.41) is 4.19. The number of carbonyl (C=O) groups excluding carboxylic acids is 1. The molecule has 7 nitrogen and oxygen atoms in total. The van der Waals surface area contributed by atoms with Crippen molar-refractivity contribution in [1.82, 2.24) is 24.8 Å². The zero-order valence-corrected chi connectivity index (χ0v) is 19.1. The highest BCUT2D eigenvalue weighted by Crippen LogP contribution is 2.28. The molecule has 4 aromatic rings. The molecular formula is C24H20ClF3N6O. The Labute approximate surface area is 203 Å². The maximum atomic E-state index is 14.5. The number of rotatable bonds is 5. The predicted octanol–water partition coefficient (Wildman–Crippen LogP) is 5.05. The molecular weight excluding hydrogens is 481 g/mol. The van der Waals surface area contributed by atoms with Crippen LogP contribution in [-0.2, 0) is 0 Å². The summed E-state index contributed by atoms with van der Waals surface area (Å²) in [6, 6.07) is 4.51. The number of pyridine rings is 1. The van der Waals surface area contributed by atoms with E-state index in [0.29, 0.717) is 47.1 Å². The van der Waals surface area contributed by atoms with E-state index in [4.69, 9.17) is 11.6 Å². The van der Waals surface area contributed by atoms with Gasteiger partial charge in [0.25, 0.3) is 5.91 Å². The number of nitrogens with zero attached hydrogens (tertiary/aromatic N) is 4. The maximum Gasteiger partial charge on any atom is 0.254 e. The normalized spacial score (nSPS) is 16.0. The second kappa shape index (κ2) is 9.53. The van der Waals surface area contributed by atoms with Crippen LogP contribution in [0.25, 0.3) is 22.4 Å². The molecule has 180 valence electrons. The Bertz CT molecular complexity index is 1390. The zero-order valence-electron chi connectivity index (χ0n) is 18.4. The number of hydrogen-bond acceptors (Lipinski definition) is 5. The third-order valence-electron chi connectivity index (χ3n) is 5.96. The summed E-state index contributed by atoms with van der Waals surface area (Å²) in [4.78, 5) is 30.0. The molecule has 1 aromatic carbocycles. The molecule has 0 unspecified atom stereocenters. The first-order valence-corrected chi connectivity index (χ1v) is 11.4. The van der Waals surface area contributed by atoms with Gasteiger partial charge in [0, 0.05) is 54.6 Å². The van der Waals surface area contributed by atoms with E-state index in [-0.39, 0.29) is 17.3 Å². The zero-order chi connectivity index (χ0) is 24.5. The van der Waals surface area contributed by atoms with Crippen molar-refractivity contribution >= 4 is 34.4 Å². The molecule has 0 aliphatic carbocycles. The quantitative estimate of drug-likeness (QED) is 0.400. The molecule has 3 aromatic heterocycles. The van der Waals surface area contributed by atoms with Gasteiger partial charge in [0.2, 0.25) is 0 Å². The van der Waals surface area contributed by atoms with Crippen molar-refractivity contribution in [3.05, 3.63) is 70.9 Å². The summed E-state index contributed by atoms with van der Waals surface area (Å²) < 4.78 is 41.6. The molecule has 1 fully saturated rings. The largest absolute Gasteiger partial charge is 0.367 e. The van der Waals surface area contributed by atoms with Crippen LogP contribution in [0.2, 0.25) is 5.02 Å². The molecule has 2 N–H and O–H groups in total. The predicted molar refractivity (Wildman–Crippen MR) is 126 cm³/mol. The van der Waals surface area contributed by atoms with Gasteiger partial charge < -0.3 is 15.2 Å². The average Bonchev–Trinajstić information content (AvgIpc) is 3.25. The smallest absolute Gasteiger partial charge is 0.254 e. The first-order valence-electron chi connectivity index (χ1n) is 11.0. The van der Waals surface area contributed by atoms with Crippen LogP contribution in [0.5, 0.6) is 0 Å². The number of aromatic amines is 1. The SMILES string of the molecule is O=C(c1cc(F)cc(F)c1)N1CCC[C@H](CNc2nc(-c3c[nH]c4ncc(Cl)cc34)ncc2F)C1. The van der Waals surface area contributed by atoms with Crippen molar-refractivity contribution in [1.29, 1.82) is 0 Å². The molecule has 1 saturated heterocycles. The fourth-order valence-electron chi connectivity index (χ4n) is 4.30. The van der Waals surface area contributed by atoms with Crippen LogP contribution in [0.3, 0.4) is 0 Å². The molecule has 0 radical (unpaired) electrons. The number of fused-ring (bicyclic) bond motifs is 1. The van der Waals surface area contributed by atoms with Gasteiger partial charge in [0.1, 0.15) is 17.3 Å². The van der Waals surface area contributed by atoms with Crippen molar-refractivity contribution in [3.8, 4) is 11.4 Å². The minimum atomic E-state index is -0.799. The number of piperidine rings is 1. The maximum absolute atomic E-state index is 14.5. The van der Waals surface area contributed by atoms with E-state index < -0.39 is 23.4 Å². The molecule has 0 saturated carbocycles. The van der Waals surface area contributed by atoms with E-state index in [0.717, 1.165) is 37.2 Å². The first kappa shape index (κ1) is 23.1. The van der Waals surface area contributed by atoms with Gasteiger partial charge in [-0.05, 0) is 37.0 Å². The second-order valence-corrected chi connectivity index (χ2v) is 8.88. The number of halogens is 4. The lowest BCUT2D eigenvalue weighted by Gasteiger charge is -2.33. The van der Waals surface area contributed by atoms with Gasteiger partial charge in [-0.25, -0.2) is 28.1 Å². The Balaban J connectivity index is 1.29. The summed E-state index contributed by atoms with van der Waals surface area (Å²) in [5.41, 5.74) is 1.21. The molecule has 4 heterocycles. The minimum Gasteiger partial charge on any atom is -0.367 e. The van der Waals surface area contributed by atoms with Crippen LogP contribution in [0.4, 0.5) is 19.0 Å². The molecule has 0 bridgehead atoms. The lowest BCUT2D eigenvalue weighted by atomic mass is 9.97. The van der Waals surface area contributed by atoms with Crippen molar-refractivity contribution in [2.45, 2.75) is 12.8 Å². The number of H-pyrrole nitrogens is 1. The van der Waals surface area contributed by atoms with Gasteiger partial charge in [-0.3, -0.25) is 4.79 Å². The number of aromatic nitrogens is 4. The van der Waals surface area contributed by atoms with Crippen molar-refractivity contribution < 1.29 is 18.0 Å². The first-order chi connectivity index (χ1) is 16.9. The third kappa shape index (κ3) is 4.93. The van der Waals surface area contributed by atoms with Crippen LogP contribution in [0.15, 0.2) is 42.9 Å². The third-order valence-corrected chi connectivity index (χ3v) is 6.16. The Morgan fingerprint density at radius 2 is 1.94 bits per heavy atom. The van der Waals surface area contributed by atoms with Crippen LogP contribution in [-0.4, -0.2) is 50.4 Å². The van der Waals surface area contributed by atoms with E-state index in [9.17, 15) is 18.0 Å². The van der Waals surface area contributed by atoms with Gasteiger partial charge >= 0.3 is 0 Å². The average molecular weight is 501 g/mol. The van der Waals surface area contributed by atoms with E-state index in [1.54, 1.807) is 17.2 Å². The summed E-state index contributed by atoms with van der Waals surface area (Å²) in [6.07, 6.45) is 5.82. The lowest BCUT2D eigenvalue weighted by Crippen LogP contribution is -2.42. The molecule has 11 heteroatoms. The van der Waals surface area contributed by atoms with Crippen molar-refractivity contribution in [2.75, 3.05) is 25.0 Å². The number of nitrogens with one attached hydrogen (secondary N) is 2. The van der Waals surface area contributed by atoms with E-state index in [1.165, 1.54) is 6.20 Å². The van der Waals surface area contributed by atoms with Crippen LogP contribution in [0, 0.1) is 23.4 Å². The Kier molecular flexibility index (Phi) is 6.29. The topological polar surface area (TPSA) is 86.8 Å². The Hall–Kier alpha value is -3.66. The molecule has 5 rings (SSSR count). The van der Waals surface area contributed by atoms with E-state index >= 15 is 0 Å². The van der Waals surface area contributed by atoms with Gasteiger partial charge in [-0.2, -0.15) is 0 Å². The highest BCUT2D eigenvalue weighted by molar-refractivity contribution is 6.31. The molecule has 35 heavy (non-hydrogen) atoms. The van der Waals surface area contributed by atoms with Crippen molar-refractivity contribution in [2.24, 2.45) is 5.92 Å². The van der Waals surface area contributed by atoms with Crippen molar-refractivity contribution in [3.63, 3.8) is 0 Å². The summed E-state index contributed by atoms with van der Waals surface area (Å²) in [7, 11) is 0. The molecule has 1 atom stereocenters. The molecule has 1 aliphatic rings. The Morgan fingerprint density at radius 1 is 1.14 bits per heavy atom. The lowest BCUT2D eigenvalue weighted by molar-refractivity contribution is 0.0679. The number of hydrogen-bond donors (Lipinski definition) is 2. The van der Waals surface area contributed by atoms with E-state index in [1.807, 2.05) is 0 Å². The van der Waals surface area contributed by atoms with Gasteiger partial charge in [-0.15, -0.1) is 0 Å². The van der Waals surface area contributed by atoms with Crippen LogP contribution >= 0.6 is 11.6 Å². The summed E-state index contributed by atoms with van der Waals surface area (Å²) in [5.74, 6) is -2.30. The number of benzene rings is 1. The minimum absolute atomic E-state index is 0.0000156. The fourth-order valence-corrected chi connectivity index (χ4v) is 4.46. The van der Waals surface area contributed by atoms with Crippen LogP contribution < -0.4 is 5.32 Å². The van der Waals surface area contributed by atoms with Crippen LogP contribution in [0.1, 0.15) is 23.2 Å². The summed E-state index contributed by atoms with van der Waals surface area (Å²) >= 11 is 6.06. The molecule has 1 amide bonds. The van der Waals surface area contributed by atoms with E-state index in [2.05, 4.69) is 25.3 Å². The number of anilines is 1. The van der Waals surface area contributed by atoms with Gasteiger partial charge in [0.05, 0.1) is 11.2 Å². The number of carbonyl (C=O) groups is 1. The highest BCUT2D eigenvalue weighted by Gasteiger charge is 2.25. The number of amides is 1. The van der Waals surface area contributed by atoms with Gasteiger partial charge in [0.15, 0.2) is 17.5 Å². The fraction of sp³-hybridized carbons (Fsp3) is 0.250.